The van der Waals surface area contributed by atoms with Gasteiger partial charge in [0.25, 0.3) is 5.56 Å². The first-order valence-corrected chi connectivity index (χ1v) is 11.6. The predicted molar refractivity (Wildman–Crippen MR) is 130 cm³/mol. The van der Waals surface area contributed by atoms with Gasteiger partial charge >= 0.3 is 0 Å². The summed E-state index contributed by atoms with van der Waals surface area (Å²) in [6.07, 6.45) is 0. The molecule has 1 amide bonds. The van der Waals surface area contributed by atoms with Crippen molar-refractivity contribution in [2.24, 2.45) is 0 Å². The van der Waals surface area contributed by atoms with E-state index in [2.05, 4.69) is 15.5 Å². The van der Waals surface area contributed by atoms with Gasteiger partial charge in [-0.15, -0.1) is 10.2 Å². The molecule has 0 fully saturated rings. The van der Waals surface area contributed by atoms with E-state index in [4.69, 9.17) is 0 Å². The summed E-state index contributed by atoms with van der Waals surface area (Å²) in [6, 6.07) is 21.1. The van der Waals surface area contributed by atoms with Gasteiger partial charge in [-0.2, -0.15) is 0 Å². The normalized spacial score (nSPS) is 11.2. The van der Waals surface area contributed by atoms with Crippen LogP contribution in [0.25, 0.3) is 22.4 Å². The molecule has 2 heterocycles. The number of nitrogens with one attached hydrogen (secondary N) is 1. The number of rotatable bonds is 6. The summed E-state index contributed by atoms with van der Waals surface area (Å²) in [5, 5.41) is 12.3. The summed E-state index contributed by atoms with van der Waals surface area (Å²) in [6.45, 7) is 2.03. The lowest BCUT2D eigenvalue weighted by Gasteiger charge is -2.13. The molecular weight excluding hydrogens is 453 g/mol. The van der Waals surface area contributed by atoms with Gasteiger partial charge in [-0.1, -0.05) is 60.3 Å². The number of carbonyl (C=O) groups is 1. The number of aromatic nitrogens is 4. The largest absolute Gasteiger partial charge is 0.351 e. The molecule has 0 saturated heterocycles. The zero-order chi connectivity index (χ0) is 23.7. The summed E-state index contributed by atoms with van der Waals surface area (Å²) in [4.78, 5) is 25.8. The molecule has 0 atom stereocenters. The number of fused-ring (bicyclic) bond motifs is 3. The summed E-state index contributed by atoms with van der Waals surface area (Å²) in [5.74, 6) is -0.194. The number of para-hydroxylation sites is 2. The molecular formula is C25H20FN5O2S. The molecule has 0 saturated carbocycles. The van der Waals surface area contributed by atoms with Crippen LogP contribution in [0.5, 0.6) is 0 Å². The van der Waals surface area contributed by atoms with Gasteiger partial charge in [-0.3, -0.25) is 14.0 Å². The molecule has 34 heavy (non-hydrogen) atoms. The quantitative estimate of drug-likeness (QED) is 0.379. The maximum absolute atomic E-state index is 13.8. The van der Waals surface area contributed by atoms with E-state index in [9.17, 15) is 14.0 Å². The lowest BCUT2D eigenvalue weighted by molar-refractivity contribution is -0.118. The fourth-order valence-electron chi connectivity index (χ4n) is 3.82. The summed E-state index contributed by atoms with van der Waals surface area (Å²) in [5.41, 5.74) is 2.53. The molecule has 1 N–H and O–H groups in total. The molecule has 0 bridgehead atoms. The number of carbonyl (C=O) groups excluding carboxylic acids is 1. The minimum atomic E-state index is -0.362. The van der Waals surface area contributed by atoms with Crippen molar-refractivity contribution in [3.05, 3.63) is 100 Å². The van der Waals surface area contributed by atoms with E-state index in [0.717, 1.165) is 11.3 Å². The first-order valence-electron chi connectivity index (χ1n) is 10.6. The number of thioether (sulfide) groups is 1. The summed E-state index contributed by atoms with van der Waals surface area (Å²) < 4.78 is 17.1. The highest BCUT2D eigenvalue weighted by molar-refractivity contribution is 7.99. The molecule has 3 aromatic carbocycles. The fraction of sp³-hybridized carbons (Fsp3) is 0.120. The van der Waals surface area contributed by atoms with Crippen LogP contribution in [-0.4, -0.2) is 30.8 Å². The zero-order valence-electron chi connectivity index (χ0n) is 18.2. The third kappa shape index (κ3) is 3.94. The van der Waals surface area contributed by atoms with Gasteiger partial charge in [0.1, 0.15) is 5.82 Å². The Kier molecular flexibility index (Phi) is 5.85. The summed E-state index contributed by atoms with van der Waals surface area (Å²) >= 11 is 1.20. The van der Waals surface area contributed by atoms with Crippen molar-refractivity contribution in [2.45, 2.75) is 18.6 Å². The van der Waals surface area contributed by atoms with Crippen LogP contribution in [0.1, 0.15) is 11.1 Å². The average Bonchev–Trinajstić information content (AvgIpc) is 3.27. The van der Waals surface area contributed by atoms with Crippen LogP contribution in [0.3, 0.4) is 0 Å². The van der Waals surface area contributed by atoms with E-state index < -0.39 is 0 Å². The minimum Gasteiger partial charge on any atom is -0.351 e. The third-order valence-corrected chi connectivity index (χ3v) is 6.45. The van der Waals surface area contributed by atoms with Crippen molar-refractivity contribution < 1.29 is 9.18 Å². The van der Waals surface area contributed by atoms with Crippen molar-refractivity contribution in [1.82, 2.24) is 24.5 Å². The van der Waals surface area contributed by atoms with Crippen LogP contribution in [0.2, 0.25) is 0 Å². The van der Waals surface area contributed by atoms with Crippen molar-refractivity contribution in [3.8, 4) is 5.69 Å². The molecule has 0 unspecified atom stereocenters. The number of hydrogen-bond donors (Lipinski definition) is 1. The first-order chi connectivity index (χ1) is 16.5. The first kappa shape index (κ1) is 21.8. The van der Waals surface area contributed by atoms with Crippen LogP contribution >= 0.6 is 11.8 Å². The Morgan fingerprint density at radius 1 is 1.00 bits per heavy atom. The van der Waals surface area contributed by atoms with Gasteiger partial charge < -0.3 is 5.32 Å². The predicted octanol–water partition coefficient (Wildman–Crippen LogP) is 3.89. The molecule has 0 aliphatic carbocycles. The standard InChI is InChI=1S/C25H20FN5O2S/c1-16-8-2-6-12-20(16)30-23(33)18-10-4-7-13-21(18)31-24(30)28-29-25(31)34-15-22(32)27-14-17-9-3-5-11-19(17)26/h2-13H,14-15H2,1H3,(H,27,32). The Balaban J connectivity index is 1.50. The second-order valence-electron chi connectivity index (χ2n) is 7.72. The number of hydrogen-bond acceptors (Lipinski definition) is 5. The zero-order valence-corrected chi connectivity index (χ0v) is 19.1. The molecule has 170 valence electrons. The highest BCUT2D eigenvalue weighted by atomic mass is 32.2. The number of nitrogens with zero attached hydrogens (tertiary/aromatic N) is 4. The second kappa shape index (κ2) is 9.11. The Labute approximate surface area is 198 Å². The summed E-state index contributed by atoms with van der Waals surface area (Å²) in [7, 11) is 0. The molecule has 0 radical (unpaired) electrons. The van der Waals surface area contributed by atoms with Crippen LogP contribution in [0, 0.1) is 12.7 Å². The highest BCUT2D eigenvalue weighted by Gasteiger charge is 2.19. The molecule has 9 heteroatoms. The van der Waals surface area contributed by atoms with Crippen molar-refractivity contribution in [3.63, 3.8) is 0 Å². The average molecular weight is 474 g/mol. The highest BCUT2D eigenvalue weighted by Crippen LogP contribution is 2.24. The van der Waals surface area contributed by atoms with E-state index in [-0.39, 0.29) is 29.6 Å². The SMILES string of the molecule is Cc1ccccc1-n1c(=O)c2ccccc2n2c(SCC(=O)NCc3ccccc3F)nnc12. The number of benzene rings is 3. The second-order valence-corrected chi connectivity index (χ2v) is 8.66. The molecule has 7 nitrogen and oxygen atoms in total. The third-order valence-electron chi connectivity index (χ3n) is 5.52. The topological polar surface area (TPSA) is 81.3 Å². The molecule has 0 aliphatic rings. The van der Waals surface area contributed by atoms with Gasteiger partial charge in [0, 0.05) is 12.1 Å². The Morgan fingerprint density at radius 2 is 1.74 bits per heavy atom. The lowest BCUT2D eigenvalue weighted by atomic mass is 10.2. The van der Waals surface area contributed by atoms with Gasteiger partial charge in [0.15, 0.2) is 5.16 Å². The molecule has 0 aliphatic heterocycles. The number of halogens is 1. The van der Waals surface area contributed by atoms with Crippen molar-refractivity contribution >= 4 is 34.3 Å². The maximum atomic E-state index is 13.8. The van der Waals surface area contributed by atoms with Crippen LogP contribution in [-0.2, 0) is 11.3 Å². The van der Waals surface area contributed by atoms with Gasteiger partial charge in [0.05, 0.1) is 22.3 Å². The lowest BCUT2D eigenvalue weighted by Crippen LogP contribution is -2.25. The van der Waals surface area contributed by atoms with Crippen LogP contribution < -0.4 is 10.9 Å². The molecule has 5 aromatic rings. The minimum absolute atomic E-state index is 0.0626. The monoisotopic (exact) mass is 473 g/mol. The Bertz CT molecular complexity index is 1590. The van der Waals surface area contributed by atoms with Gasteiger partial charge in [-0.25, -0.2) is 8.96 Å². The Morgan fingerprint density at radius 3 is 2.56 bits per heavy atom. The molecule has 2 aromatic heterocycles. The van der Waals surface area contributed by atoms with Gasteiger partial charge in [0.2, 0.25) is 11.7 Å². The van der Waals surface area contributed by atoms with Crippen LogP contribution in [0.15, 0.2) is 82.7 Å². The van der Waals surface area contributed by atoms with E-state index in [0.29, 0.717) is 27.4 Å². The van der Waals surface area contributed by atoms with Gasteiger partial charge in [-0.05, 0) is 36.8 Å². The molecule has 0 spiro atoms. The van der Waals surface area contributed by atoms with Crippen molar-refractivity contribution in [2.75, 3.05) is 5.75 Å². The van der Waals surface area contributed by atoms with Crippen molar-refractivity contribution in [1.29, 1.82) is 0 Å². The fourth-order valence-corrected chi connectivity index (χ4v) is 4.59. The maximum Gasteiger partial charge on any atom is 0.267 e. The number of amides is 1. The van der Waals surface area contributed by atoms with Crippen LogP contribution in [0.4, 0.5) is 4.39 Å². The van der Waals surface area contributed by atoms with E-state index >= 15 is 0 Å². The molecule has 5 rings (SSSR count). The number of aryl methyl sites for hydroxylation is 1. The Hall–Kier alpha value is -3.98. The van der Waals surface area contributed by atoms with E-state index in [1.165, 1.54) is 17.8 Å². The van der Waals surface area contributed by atoms with E-state index in [1.54, 1.807) is 33.2 Å². The van der Waals surface area contributed by atoms with E-state index in [1.807, 2.05) is 49.4 Å². The smallest absolute Gasteiger partial charge is 0.267 e.